The molecule has 0 fully saturated rings. The number of carbonyl (C=O) groups is 4. The molecule has 2 aliphatic rings. The maximum absolute atomic E-state index is 13.9. The first-order valence-electron chi connectivity index (χ1n) is 10.9. The van der Waals surface area contributed by atoms with E-state index < -0.39 is 46.2 Å². The van der Waals surface area contributed by atoms with Crippen LogP contribution in [0.4, 0.5) is 0 Å². The van der Waals surface area contributed by atoms with Gasteiger partial charge in [-0.3, -0.25) is 19.2 Å². The van der Waals surface area contributed by atoms with Crippen LogP contribution in [0.5, 0.6) is 23.0 Å². The van der Waals surface area contributed by atoms with Crippen LogP contribution >= 0.6 is 0 Å². The van der Waals surface area contributed by atoms with Gasteiger partial charge in [0, 0.05) is 17.3 Å². The summed E-state index contributed by atoms with van der Waals surface area (Å²) in [6, 6.07) is 4.54. The van der Waals surface area contributed by atoms with Crippen LogP contribution in [0.2, 0.25) is 0 Å². The molecule has 2 aromatic carbocycles. The van der Waals surface area contributed by atoms with Crippen LogP contribution in [0.3, 0.4) is 0 Å². The highest BCUT2D eigenvalue weighted by molar-refractivity contribution is 6.31. The number of ether oxygens (including phenoxy) is 1. The van der Waals surface area contributed by atoms with Gasteiger partial charge < -0.3 is 31.1 Å². The molecule has 10 nitrogen and oxygen atoms in total. The average Bonchev–Trinajstić information content (AvgIpc) is 3.09. The summed E-state index contributed by atoms with van der Waals surface area (Å²) in [5.41, 5.74) is 3.74. The summed E-state index contributed by atoms with van der Waals surface area (Å²) in [6.07, 6.45) is 1.08. The molecule has 0 aromatic heterocycles. The molecule has 1 aliphatic carbocycles. The lowest BCUT2D eigenvalue weighted by atomic mass is 9.70. The van der Waals surface area contributed by atoms with Crippen molar-refractivity contribution in [2.24, 2.45) is 5.73 Å². The molecule has 0 radical (unpaired) electrons. The molecule has 0 bridgehead atoms. The topological polar surface area (TPSA) is 176 Å². The number of phenols is 3. The molecule has 2 atom stereocenters. The van der Waals surface area contributed by atoms with Crippen molar-refractivity contribution in [1.29, 1.82) is 0 Å². The summed E-state index contributed by atoms with van der Waals surface area (Å²) in [4.78, 5) is 51.4. The Morgan fingerprint density at radius 1 is 1.06 bits per heavy atom. The molecule has 6 N–H and O–H groups in total. The van der Waals surface area contributed by atoms with Gasteiger partial charge >= 0.3 is 0 Å². The van der Waals surface area contributed by atoms with Crippen LogP contribution in [-0.2, 0) is 19.8 Å². The van der Waals surface area contributed by atoms with Crippen molar-refractivity contribution in [3.63, 3.8) is 0 Å². The number of aromatic hydroxyl groups is 3. The van der Waals surface area contributed by atoms with Gasteiger partial charge in [0.05, 0.1) is 11.1 Å². The number of allylic oxidation sites excluding steroid dienone is 4. The molecule has 2 aromatic rings. The Labute approximate surface area is 205 Å². The molecule has 0 unspecified atom stereocenters. The van der Waals surface area contributed by atoms with E-state index in [4.69, 9.17) is 10.5 Å². The summed E-state index contributed by atoms with van der Waals surface area (Å²) < 4.78 is 5.73. The number of primary amides is 1. The Bertz CT molecular complexity index is 1440. The second kappa shape index (κ2) is 8.26. The molecule has 186 valence electrons. The first kappa shape index (κ1) is 24.5. The van der Waals surface area contributed by atoms with Crippen molar-refractivity contribution in [3.8, 4) is 23.0 Å². The SMILES string of the molecule is CC(=O)c1c(O)c(C)c(O)c2c1OC1=CC(=O)/C(=C(/C)N[C@@H](C(N)=O)c3ccc(O)cc3)C(=O)[C@@]12C. The molecule has 36 heavy (non-hydrogen) atoms. The second-order valence-electron chi connectivity index (χ2n) is 8.96. The molecule has 1 amide bonds. The van der Waals surface area contributed by atoms with Crippen molar-refractivity contribution in [1.82, 2.24) is 5.32 Å². The number of carbonyl (C=O) groups excluding carboxylic acids is 4. The third kappa shape index (κ3) is 3.41. The van der Waals surface area contributed by atoms with Gasteiger partial charge in [-0.1, -0.05) is 12.1 Å². The van der Waals surface area contributed by atoms with E-state index in [0.717, 1.165) is 6.08 Å². The van der Waals surface area contributed by atoms with Gasteiger partial charge in [0.2, 0.25) is 5.91 Å². The van der Waals surface area contributed by atoms with Crippen molar-refractivity contribution in [2.75, 3.05) is 0 Å². The van der Waals surface area contributed by atoms with E-state index in [9.17, 15) is 34.5 Å². The van der Waals surface area contributed by atoms with Gasteiger partial charge in [-0.15, -0.1) is 0 Å². The van der Waals surface area contributed by atoms with Crippen molar-refractivity contribution < 1.29 is 39.2 Å². The van der Waals surface area contributed by atoms with E-state index in [-0.39, 0.29) is 45.2 Å². The van der Waals surface area contributed by atoms with E-state index in [0.29, 0.717) is 5.56 Å². The molecule has 10 heteroatoms. The molecule has 1 aliphatic heterocycles. The van der Waals surface area contributed by atoms with Gasteiger partial charge in [0.15, 0.2) is 17.3 Å². The Balaban J connectivity index is 1.87. The largest absolute Gasteiger partial charge is 0.508 e. The number of Topliss-reactive ketones (excluding diaryl/α,β-unsaturated/α-hetero) is 2. The van der Waals surface area contributed by atoms with Crippen LogP contribution in [0.1, 0.15) is 53.9 Å². The van der Waals surface area contributed by atoms with Crippen molar-refractivity contribution in [3.05, 3.63) is 69.6 Å². The number of ketones is 3. The minimum Gasteiger partial charge on any atom is -0.508 e. The number of phenolic OH excluding ortho intramolecular Hbond substituents is 3. The lowest BCUT2D eigenvalue weighted by Gasteiger charge is -2.29. The second-order valence-corrected chi connectivity index (χ2v) is 8.96. The summed E-state index contributed by atoms with van der Waals surface area (Å²) in [5.74, 6) is -4.03. The van der Waals surface area contributed by atoms with Gasteiger partial charge in [-0.05, 0) is 45.4 Å². The zero-order chi connectivity index (χ0) is 26.7. The van der Waals surface area contributed by atoms with Crippen LogP contribution in [0, 0.1) is 6.92 Å². The smallest absolute Gasteiger partial charge is 0.244 e. The Hall–Kier alpha value is -4.60. The van der Waals surface area contributed by atoms with Crippen LogP contribution < -0.4 is 15.8 Å². The predicted octanol–water partition coefficient (Wildman–Crippen LogP) is 2.09. The van der Waals surface area contributed by atoms with E-state index in [1.165, 1.54) is 52.0 Å². The Kier molecular flexibility index (Phi) is 5.63. The lowest BCUT2D eigenvalue weighted by Crippen LogP contribution is -2.42. The van der Waals surface area contributed by atoms with Crippen molar-refractivity contribution in [2.45, 2.75) is 39.2 Å². The molecular formula is C26H24N2O8. The first-order chi connectivity index (χ1) is 16.8. The highest BCUT2D eigenvalue weighted by Gasteiger charge is 2.56. The molecule has 0 spiro atoms. The fourth-order valence-corrected chi connectivity index (χ4v) is 4.64. The van der Waals surface area contributed by atoms with Gasteiger partial charge in [-0.2, -0.15) is 0 Å². The van der Waals surface area contributed by atoms with Gasteiger partial charge in [0.1, 0.15) is 45.8 Å². The third-order valence-corrected chi connectivity index (χ3v) is 6.63. The molecule has 4 rings (SSSR count). The van der Waals surface area contributed by atoms with E-state index in [1.807, 2.05) is 0 Å². The number of nitrogens with one attached hydrogen (secondary N) is 1. The number of benzene rings is 2. The van der Waals surface area contributed by atoms with Crippen molar-refractivity contribution >= 4 is 23.3 Å². The zero-order valence-corrected chi connectivity index (χ0v) is 19.9. The predicted molar refractivity (Wildman–Crippen MR) is 126 cm³/mol. The van der Waals surface area contributed by atoms with Gasteiger partial charge in [-0.25, -0.2) is 0 Å². The zero-order valence-electron chi connectivity index (χ0n) is 19.9. The van der Waals surface area contributed by atoms with Crippen LogP contribution in [0.15, 0.2) is 47.4 Å². The lowest BCUT2D eigenvalue weighted by molar-refractivity contribution is -0.124. The standard InChI is InChI=1S/C26H24N2O8/c1-10-21(32)18(12(3)29)23-19(22(10)33)26(4)16(36-23)9-15(31)17(24(26)34)11(2)28-20(25(27)35)13-5-7-14(30)8-6-13/h5-9,20,28,30,32-33H,1-4H3,(H2,27,35)/b17-11+/t20-,26+/m1/s1. The highest BCUT2D eigenvalue weighted by Crippen LogP contribution is 2.57. The summed E-state index contributed by atoms with van der Waals surface area (Å²) in [5, 5.41) is 33.7. The number of nitrogens with two attached hydrogens (primary N) is 1. The first-order valence-corrected chi connectivity index (χ1v) is 10.9. The number of rotatable bonds is 5. The maximum Gasteiger partial charge on any atom is 0.244 e. The summed E-state index contributed by atoms with van der Waals surface area (Å²) in [7, 11) is 0. The van der Waals surface area contributed by atoms with Crippen LogP contribution in [-0.4, -0.2) is 38.6 Å². The number of hydrogen-bond acceptors (Lipinski definition) is 9. The fraction of sp³-hybridized carbons (Fsp3) is 0.231. The maximum atomic E-state index is 13.9. The van der Waals surface area contributed by atoms with Gasteiger partial charge in [0.25, 0.3) is 0 Å². The van der Waals surface area contributed by atoms with E-state index >= 15 is 0 Å². The molecular weight excluding hydrogens is 468 g/mol. The third-order valence-electron chi connectivity index (χ3n) is 6.63. The normalized spacial score (nSPS) is 20.6. The van der Waals surface area contributed by atoms with E-state index in [1.54, 1.807) is 0 Å². The minimum absolute atomic E-state index is 0.0174. The Morgan fingerprint density at radius 2 is 1.67 bits per heavy atom. The molecule has 0 saturated heterocycles. The summed E-state index contributed by atoms with van der Waals surface area (Å²) >= 11 is 0. The Morgan fingerprint density at radius 3 is 2.22 bits per heavy atom. The minimum atomic E-state index is -1.69. The summed E-state index contributed by atoms with van der Waals surface area (Å²) in [6.45, 7) is 5.47. The average molecular weight is 492 g/mol. The highest BCUT2D eigenvalue weighted by atomic mass is 16.5. The van der Waals surface area contributed by atoms with E-state index in [2.05, 4.69) is 5.32 Å². The number of hydrogen-bond donors (Lipinski definition) is 5. The fourth-order valence-electron chi connectivity index (χ4n) is 4.64. The van der Waals surface area contributed by atoms with Crippen LogP contribution in [0.25, 0.3) is 0 Å². The molecule has 0 saturated carbocycles. The number of fused-ring (bicyclic) bond motifs is 3. The monoisotopic (exact) mass is 492 g/mol. The molecule has 1 heterocycles. The number of amides is 1. The quantitative estimate of drug-likeness (QED) is 0.238.